The van der Waals surface area contributed by atoms with Gasteiger partial charge in [-0.05, 0) is 45.4 Å². The third kappa shape index (κ3) is 15.4. The molecule has 4 heteroatoms. The molecule has 0 rings (SSSR count). The van der Waals surface area contributed by atoms with E-state index in [1.54, 1.807) is 0 Å². The zero-order valence-corrected chi connectivity index (χ0v) is 15.4. The van der Waals surface area contributed by atoms with E-state index in [0.29, 0.717) is 19.1 Å². The van der Waals surface area contributed by atoms with Crippen LogP contribution < -0.4 is 0 Å². The van der Waals surface area contributed by atoms with E-state index in [2.05, 4.69) is 33.8 Å². The number of carbonyl (C=O) groups excluding carboxylic acids is 2. The Kier molecular flexibility index (Phi) is 13.5. The fraction of sp³-hybridized carbons (Fsp3) is 0.789. The Hall–Kier alpha value is -1.32. The summed E-state index contributed by atoms with van der Waals surface area (Å²) in [5, 5.41) is 0. The van der Waals surface area contributed by atoms with Crippen LogP contribution in [0.3, 0.4) is 0 Å². The van der Waals surface area contributed by atoms with Gasteiger partial charge in [-0.3, -0.25) is 9.59 Å². The molecule has 0 aliphatic heterocycles. The van der Waals surface area contributed by atoms with Gasteiger partial charge >= 0.3 is 11.9 Å². The molecule has 0 amide bonds. The molecule has 0 heterocycles. The maximum absolute atomic E-state index is 11.6. The quantitative estimate of drug-likeness (QED) is 0.277. The lowest BCUT2D eigenvalue weighted by Gasteiger charge is -2.10. The van der Waals surface area contributed by atoms with Crippen LogP contribution in [0.25, 0.3) is 0 Å². The van der Waals surface area contributed by atoms with E-state index in [1.807, 2.05) is 0 Å². The van der Waals surface area contributed by atoms with Crippen LogP contribution in [-0.2, 0) is 19.1 Å². The largest absolute Gasteiger partial charge is 0.466 e. The van der Waals surface area contributed by atoms with E-state index >= 15 is 0 Å². The number of carbonyl (C=O) groups is 2. The van der Waals surface area contributed by atoms with Crippen molar-refractivity contribution in [1.82, 2.24) is 0 Å². The first kappa shape index (κ1) is 21.7. The highest BCUT2D eigenvalue weighted by Crippen LogP contribution is 2.12. The normalized spacial score (nSPS) is 11.7. The molecule has 0 N–H and O–H groups in total. The second-order valence-electron chi connectivity index (χ2n) is 6.40. The number of rotatable bonds is 13. The molecular weight excluding hydrogens is 292 g/mol. The molecule has 0 aromatic rings. The second kappa shape index (κ2) is 14.3. The third-order valence-electron chi connectivity index (χ3n) is 3.63. The summed E-state index contributed by atoms with van der Waals surface area (Å²) in [6.07, 6.45) is 8.53. The van der Waals surface area contributed by atoms with E-state index in [9.17, 15) is 9.59 Å². The van der Waals surface area contributed by atoms with Crippen LogP contribution in [0.2, 0.25) is 0 Å². The van der Waals surface area contributed by atoms with Gasteiger partial charge in [0.05, 0.1) is 26.1 Å². The van der Waals surface area contributed by atoms with Crippen molar-refractivity contribution < 1.29 is 19.1 Å². The SMILES string of the molecule is CCCCCOC(=O)CCC(=O)OCCC(C)CCC=C(C)C. The molecule has 1 unspecified atom stereocenters. The van der Waals surface area contributed by atoms with E-state index < -0.39 is 0 Å². The lowest BCUT2D eigenvalue weighted by atomic mass is 10.0. The number of ether oxygens (including phenoxy) is 2. The molecule has 0 aromatic heterocycles. The van der Waals surface area contributed by atoms with Crippen molar-refractivity contribution in [3.05, 3.63) is 11.6 Å². The predicted octanol–water partition coefficient (Wildman–Crippen LogP) is 4.82. The van der Waals surface area contributed by atoms with Crippen LogP contribution >= 0.6 is 0 Å². The fourth-order valence-electron chi connectivity index (χ4n) is 2.06. The van der Waals surface area contributed by atoms with Gasteiger partial charge in [-0.2, -0.15) is 0 Å². The smallest absolute Gasteiger partial charge is 0.306 e. The van der Waals surface area contributed by atoms with Crippen LogP contribution in [0.4, 0.5) is 0 Å². The number of unbranched alkanes of at least 4 members (excludes halogenated alkanes) is 2. The first-order valence-corrected chi connectivity index (χ1v) is 8.90. The Morgan fingerprint density at radius 3 is 2.13 bits per heavy atom. The van der Waals surface area contributed by atoms with Crippen LogP contribution in [-0.4, -0.2) is 25.2 Å². The predicted molar refractivity (Wildman–Crippen MR) is 93.1 cm³/mol. The van der Waals surface area contributed by atoms with Gasteiger partial charge in [0, 0.05) is 0 Å². The zero-order chi connectivity index (χ0) is 17.5. The molecular formula is C19H34O4. The van der Waals surface area contributed by atoms with Gasteiger partial charge in [0.15, 0.2) is 0 Å². The molecule has 0 aliphatic carbocycles. The summed E-state index contributed by atoms with van der Waals surface area (Å²) in [5.41, 5.74) is 1.34. The first-order valence-electron chi connectivity index (χ1n) is 8.90. The Labute approximate surface area is 141 Å². The number of hydrogen-bond acceptors (Lipinski definition) is 4. The van der Waals surface area contributed by atoms with Crippen molar-refractivity contribution >= 4 is 11.9 Å². The van der Waals surface area contributed by atoms with Gasteiger partial charge in [-0.25, -0.2) is 0 Å². The van der Waals surface area contributed by atoms with Gasteiger partial charge in [-0.1, -0.05) is 38.3 Å². The Morgan fingerprint density at radius 1 is 0.957 bits per heavy atom. The van der Waals surface area contributed by atoms with E-state index in [0.717, 1.165) is 38.5 Å². The van der Waals surface area contributed by atoms with Gasteiger partial charge in [-0.15, -0.1) is 0 Å². The van der Waals surface area contributed by atoms with E-state index in [-0.39, 0.29) is 24.8 Å². The van der Waals surface area contributed by atoms with Crippen LogP contribution in [0.15, 0.2) is 11.6 Å². The number of esters is 2. The lowest BCUT2D eigenvalue weighted by Crippen LogP contribution is -2.12. The Morgan fingerprint density at radius 2 is 1.57 bits per heavy atom. The van der Waals surface area contributed by atoms with Crippen molar-refractivity contribution in [1.29, 1.82) is 0 Å². The summed E-state index contributed by atoms with van der Waals surface area (Å²) in [6.45, 7) is 9.34. The molecule has 23 heavy (non-hydrogen) atoms. The summed E-state index contributed by atoms with van der Waals surface area (Å²) in [5.74, 6) is -0.0953. The van der Waals surface area contributed by atoms with E-state index in [1.165, 1.54) is 5.57 Å². The highest BCUT2D eigenvalue weighted by atomic mass is 16.5. The van der Waals surface area contributed by atoms with Crippen molar-refractivity contribution in [2.24, 2.45) is 5.92 Å². The number of hydrogen-bond donors (Lipinski definition) is 0. The minimum Gasteiger partial charge on any atom is -0.466 e. The maximum Gasteiger partial charge on any atom is 0.306 e. The average Bonchev–Trinajstić information content (AvgIpc) is 2.49. The highest BCUT2D eigenvalue weighted by Gasteiger charge is 2.10. The molecule has 0 spiro atoms. The molecule has 0 saturated carbocycles. The van der Waals surface area contributed by atoms with Crippen molar-refractivity contribution in [2.75, 3.05) is 13.2 Å². The molecule has 134 valence electrons. The molecule has 0 saturated heterocycles. The number of allylic oxidation sites excluding steroid dienone is 2. The second-order valence-corrected chi connectivity index (χ2v) is 6.40. The summed E-state index contributed by atoms with van der Waals surface area (Å²) in [6, 6.07) is 0. The van der Waals surface area contributed by atoms with E-state index in [4.69, 9.17) is 9.47 Å². The molecule has 0 bridgehead atoms. The van der Waals surface area contributed by atoms with Gasteiger partial charge < -0.3 is 9.47 Å². The minimum atomic E-state index is -0.313. The van der Waals surface area contributed by atoms with Gasteiger partial charge in [0.2, 0.25) is 0 Å². The monoisotopic (exact) mass is 326 g/mol. The Balaban J connectivity index is 3.59. The third-order valence-corrected chi connectivity index (χ3v) is 3.63. The summed E-state index contributed by atoms with van der Waals surface area (Å²) < 4.78 is 10.2. The standard InChI is InChI=1S/C19H34O4/c1-5-6-7-14-22-18(20)11-12-19(21)23-15-13-17(4)10-8-9-16(2)3/h9,17H,5-8,10-15H2,1-4H3. The zero-order valence-electron chi connectivity index (χ0n) is 15.4. The van der Waals surface area contributed by atoms with Gasteiger partial charge in [0.25, 0.3) is 0 Å². The maximum atomic E-state index is 11.6. The van der Waals surface area contributed by atoms with Crippen molar-refractivity contribution in [3.8, 4) is 0 Å². The van der Waals surface area contributed by atoms with Gasteiger partial charge in [0.1, 0.15) is 0 Å². The molecule has 4 nitrogen and oxygen atoms in total. The lowest BCUT2D eigenvalue weighted by molar-refractivity contribution is -0.150. The Bertz CT molecular complexity index is 356. The molecule has 0 aromatic carbocycles. The molecule has 0 aliphatic rings. The fourth-order valence-corrected chi connectivity index (χ4v) is 2.06. The summed E-state index contributed by atoms with van der Waals surface area (Å²) in [7, 11) is 0. The summed E-state index contributed by atoms with van der Waals surface area (Å²) >= 11 is 0. The van der Waals surface area contributed by atoms with Crippen LogP contribution in [0, 0.1) is 5.92 Å². The summed E-state index contributed by atoms with van der Waals surface area (Å²) in [4.78, 5) is 23.0. The topological polar surface area (TPSA) is 52.6 Å². The van der Waals surface area contributed by atoms with Crippen LogP contribution in [0.5, 0.6) is 0 Å². The van der Waals surface area contributed by atoms with Crippen molar-refractivity contribution in [2.45, 2.75) is 79.1 Å². The van der Waals surface area contributed by atoms with Crippen LogP contribution in [0.1, 0.15) is 79.1 Å². The molecule has 1 atom stereocenters. The minimum absolute atomic E-state index is 0.110. The van der Waals surface area contributed by atoms with Crippen molar-refractivity contribution in [3.63, 3.8) is 0 Å². The first-order chi connectivity index (χ1) is 11.0. The molecule has 0 fully saturated rings. The molecule has 0 radical (unpaired) electrons. The highest BCUT2D eigenvalue weighted by molar-refractivity contribution is 5.77. The average molecular weight is 326 g/mol.